The number of thiophene rings is 1. The van der Waals surface area contributed by atoms with E-state index in [2.05, 4.69) is 75.6 Å². The van der Waals surface area contributed by atoms with Crippen molar-refractivity contribution in [2.24, 2.45) is 11.8 Å². The molecule has 0 bridgehead atoms. The lowest BCUT2D eigenvalue weighted by Crippen LogP contribution is -2.31. The molecule has 0 spiro atoms. The van der Waals surface area contributed by atoms with Crippen molar-refractivity contribution in [3.63, 3.8) is 0 Å². The maximum atomic E-state index is 15.2. The van der Waals surface area contributed by atoms with E-state index in [1.807, 2.05) is 13.1 Å². The number of nitriles is 1. The summed E-state index contributed by atoms with van der Waals surface area (Å²) in [4.78, 5) is 12.5. The molecule has 1 aromatic carbocycles. The van der Waals surface area contributed by atoms with Crippen LogP contribution in [0.4, 0.5) is 15.3 Å². The van der Waals surface area contributed by atoms with Gasteiger partial charge in [0.2, 0.25) is 5.95 Å². The molecule has 7 nitrogen and oxygen atoms in total. The number of fused-ring (bicyclic) bond motifs is 3. The van der Waals surface area contributed by atoms with Crippen LogP contribution in [0.2, 0.25) is 0 Å². The summed E-state index contributed by atoms with van der Waals surface area (Å²) in [5.74, 6) is 1.81. The molecule has 0 aliphatic carbocycles. The Labute approximate surface area is 320 Å². The Morgan fingerprint density at radius 2 is 1.79 bits per heavy atom. The van der Waals surface area contributed by atoms with Crippen molar-refractivity contribution < 1.29 is 14.2 Å². The maximum absolute atomic E-state index is 15.2. The Bertz CT molecular complexity index is 1710. The zero-order valence-electron chi connectivity index (χ0n) is 33.8. The van der Waals surface area contributed by atoms with Gasteiger partial charge < -0.3 is 20.5 Å². The highest BCUT2D eigenvalue weighted by Gasteiger charge is 2.33. The van der Waals surface area contributed by atoms with Gasteiger partial charge in [0.1, 0.15) is 16.9 Å². The van der Waals surface area contributed by atoms with E-state index in [9.17, 15) is 5.26 Å². The third kappa shape index (κ3) is 10.6. The van der Waals surface area contributed by atoms with Gasteiger partial charge in [-0.3, -0.25) is 0 Å². The van der Waals surface area contributed by atoms with Crippen LogP contribution in [0.1, 0.15) is 153 Å². The molecule has 3 unspecified atom stereocenters. The van der Waals surface area contributed by atoms with Gasteiger partial charge in [-0.25, -0.2) is 14.4 Å². The summed E-state index contributed by atoms with van der Waals surface area (Å²) < 4.78 is 21.2. The van der Waals surface area contributed by atoms with E-state index in [4.69, 9.17) is 25.5 Å². The van der Waals surface area contributed by atoms with Crippen LogP contribution in [0, 0.1) is 23.2 Å². The fourth-order valence-electron chi connectivity index (χ4n) is 6.40. The smallest absolute Gasteiger partial charge is 0.226 e. The number of hydrogen-bond donors (Lipinski definition) is 2. The molecule has 2 aliphatic rings. The third-order valence-electron chi connectivity index (χ3n) is 10.0. The molecule has 10 heteroatoms. The lowest BCUT2D eigenvalue weighted by atomic mass is 9.85. The van der Waals surface area contributed by atoms with Crippen molar-refractivity contribution in [3.05, 3.63) is 50.5 Å². The van der Waals surface area contributed by atoms with Crippen molar-refractivity contribution >= 4 is 59.1 Å². The monoisotopic (exact) mass is 753 g/mol. The van der Waals surface area contributed by atoms with E-state index in [1.54, 1.807) is 6.92 Å². The second kappa shape index (κ2) is 22.4. The predicted molar refractivity (Wildman–Crippen MR) is 226 cm³/mol. The standard InChI is InChI=1S/C29H33FN5OPS.C8H18.C4H10.CH4O/c1-6-14(3)22(24-17(10-31)28(32)38-27(24)21(30)7-2)23-20-13-36-12-19(20)18-11-33-29(34-25(18)26(23)37)35-9-8-15(4)16(35)5;1-4-5-6-7-8(2)3;1-3-4-2;1-2/h7,11,15-16H,6,8-9,12-13,32,37H2,1-5H3;8H,4-7H2,1-3H3;3-4H2,1-2H3;2H,1H3/b21-7+,22-14?;;;. The largest absolute Gasteiger partial charge is 0.400 e. The topological polar surface area (TPSA) is 108 Å². The second-order valence-corrected chi connectivity index (χ2v) is 15.7. The maximum Gasteiger partial charge on any atom is 0.226 e. The molecule has 288 valence electrons. The summed E-state index contributed by atoms with van der Waals surface area (Å²) in [6.45, 7) is 23.2. The fraction of sp³-hybridized carbons (Fsp3) is 0.595. The van der Waals surface area contributed by atoms with Gasteiger partial charge >= 0.3 is 0 Å². The van der Waals surface area contributed by atoms with Crippen LogP contribution < -0.4 is 15.9 Å². The van der Waals surface area contributed by atoms with E-state index in [0.717, 1.165) is 93.7 Å². The zero-order chi connectivity index (χ0) is 39.1. The van der Waals surface area contributed by atoms with Gasteiger partial charge in [0.25, 0.3) is 0 Å². The number of nitrogens with zero attached hydrogens (tertiary/aromatic N) is 4. The van der Waals surface area contributed by atoms with Crippen LogP contribution in [0.3, 0.4) is 0 Å². The molecule has 1 saturated heterocycles. The van der Waals surface area contributed by atoms with Gasteiger partial charge in [-0.05, 0) is 67.7 Å². The van der Waals surface area contributed by atoms with Crippen molar-refractivity contribution in [1.82, 2.24) is 9.97 Å². The molecule has 52 heavy (non-hydrogen) atoms. The number of nitrogens with two attached hydrogens (primary N) is 1. The number of ether oxygens (including phenoxy) is 1. The van der Waals surface area contributed by atoms with Gasteiger partial charge in [-0.15, -0.1) is 20.6 Å². The van der Waals surface area contributed by atoms with Crippen molar-refractivity contribution in [2.45, 2.75) is 140 Å². The fourth-order valence-corrected chi connectivity index (χ4v) is 7.93. The molecule has 0 radical (unpaired) electrons. The molecule has 0 saturated carbocycles. The minimum atomic E-state index is -0.389. The van der Waals surface area contributed by atoms with E-state index in [0.29, 0.717) is 46.2 Å². The lowest BCUT2D eigenvalue weighted by Gasteiger charge is -2.25. The van der Waals surface area contributed by atoms with Gasteiger partial charge in [0, 0.05) is 42.1 Å². The van der Waals surface area contributed by atoms with Gasteiger partial charge in [0.05, 0.1) is 29.2 Å². The van der Waals surface area contributed by atoms with E-state index in [-0.39, 0.29) is 5.83 Å². The minimum absolute atomic E-state index is 0.310. The van der Waals surface area contributed by atoms with E-state index < -0.39 is 0 Å². The lowest BCUT2D eigenvalue weighted by molar-refractivity contribution is 0.135. The molecule has 3 N–H and O–H groups in total. The summed E-state index contributed by atoms with van der Waals surface area (Å²) >= 11 is 1.12. The molecule has 4 heterocycles. The molecule has 3 atom stereocenters. The number of aliphatic hydroxyl groups is 1. The Hall–Kier alpha value is -2.89. The first-order valence-corrected chi connectivity index (χ1v) is 20.5. The van der Waals surface area contributed by atoms with Gasteiger partial charge in [0.15, 0.2) is 0 Å². The first kappa shape index (κ1) is 45.3. The average Bonchev–Trinajstić information content (AvgIpc) is 3.87. The van der Waals surface area contributed by atoms with E-state index in [1.165, 1.54) is 44.6 Å². The van der Waals surface area contributed by atoms with Crippen LogP contribution in [0.25, 0.3) is 22.3 Å². The molecular formula is C42H65FN5O2PS. The molecule has 2 aliphatic heterocycles. The molecule has 5 rings (SSSR count). The number of nitrogen functional groups attached to an aromatic ring is 1. The van der Waals surface area contributed by atoms with Crippen LogP contribution in [-0.4, -0.2) is 34.8 Å². The Morgan fingerprint density at radius 1 is 1.13 bits per heavy atom. The first-order valence-electron chi connectivity index (χ1n) is 19.2. The second-order valence-electron chi connectivity index (χ2n) is 14.1. The molecular weight excluding hydrogens is 689 g/mol. The Morgan fingerprint density at radius 3 is 2.31 bits per heavy atom. The molecule has 2 aromatic heterocycles. The van der Waals surface area contributed by atoms with Crippen LogP contribution in [0.15, 0.2) is 17.8 Å². The molecule has 1 fully saturated rings. The average molecular weight is 754 g/mol. The van der Waals surface area contributed by atoms with Gasteiger partial charge in [-0.2, -0.15) is 5.26 Å². The van der Waals surface area contributed by atoms with Crippen molar-refractivity contribution in [1.29, 1.82) is 5.26 Å². The SMILES string of the molecule is C/C=C(/F)c1sc(N)c(C#N)c1C(=C(C)CC)c1c2c(c3cnc(N4CCC(C)C4C)nc3c1P)COC2.CCCC.CCCCCC(C)C.CO. The van der Waals surface area contributed by atoms with Crippen molar-refractivity contribution in [2.75, 3.05) is 24.3 Å². The number of unbranched alkanes of at least 4 members (excludes halogenated alkanes) is 3. The molecule has 0 amide bonds. The Kier molecular flexibility index (Phi) is 19.5. The third-order valence-corrected chi connectivity index (χ3v) is 11.6. The number of aromatic nitrogens is 2. The highest BCUT2D eigenvalue weighted by Crippen LogP contribution is 2.46. The summed E-state index contributed by atoms with van der Waals surface area (Å²) in [6, 6.07) is 2.61. The first-order chi connectivity index (χ1) is 24.9. The number of hydrogen-bond acceptors (Lipinski definition) is 8. The van der Waals surface area contributed by atoms with Crippen LogP contribution in [-0.2, 0) is 18.0 Å². The zero-order valence-corrected chi connectivity index (χ0v) is 35.7. The molecule has 3 aromatic rings. The van der Waals surface area contributed by atoms with E-state index >= 15 is 4.39 Å². The predicted octanol–water partition coefficient (Wildman–Crippen LogP) is 11.1. The quantitative estimate of drug-likeness (QED) is 0.157. The number of rotatable bonds is 10. The number of aliphatic hydroxyl groups excluding tert-OH is 1. The number of anilines is 2. The normalized spacial score (nSPS) is 17.0. The summed E-state index contributed by atoms with van der Waals surface area (Å²) in [7, 11) is 3.89. The van der Waals surface area contributed by atoms with Gasteiger partial charge in [-0.1, -0.05) is 98.6 Å². The highest BCUT2D eigenvalue weighted by atomic mass is 32.1. The highest BCUT2D eigenvalue weighted by molar-refractivity contribution is 7.28. The number of benzene rings is 1. The van der Waals surface area contributed by atoms with Crippen molar-refractivity contribution in [3.8, 4) is 6.07 Å². The summed E-state index contributed by atoms with van der Waals surface area (Å²) in [6.07, 6.45) is 13.4. The summed E-state index contributed by atoms with van der Waals surface area (Å²) in [5, 5.41) is 19.3. The van der Waals surface area contributed by atoms with Crippen LogP contribution in [0.5, 0.6) is 0 Å². The minimum Gasteiger partial charge on any atom is -0.400 e. The Balaban J connectivity index is 0.000000573. The van der Waals surface area contributed by atoms with Crippen LogP contribution >= 0.6 is 20.6 Å². The summed E-state index contributed by atoms with van der Waals surface area (Å²) in [5.41, 5.74) is 12.9. The number of allylic oxidation sites excluding steroid dienone is 2. The number of halogens is 1.